The van der Waals surface area contributed by atoms with E-state index in [-0.39, 0.29) is 22.2 Å². The molecule has 3 aromatic carbocycles. The second-order valence-electron chi connectivity index (χ2n) is 13.7. The molecular weight excluding hydrogens is 724 g/mol. The van der Waals surface area contributed by atoms with Gasteiger partial charge in [0.05, 0.1) is 29.6 Å². The van der Waals surface area contributed by atoms with E-state index in [4.69, 9.17) is 26.2 Å². The minimum atomic E-state index is -0.385. The zero-order chi connectivity index (χ0) is 37.7. The summed E-state index contributed by atoms with van der Waals surface area (Å²) >= 11 is 7.82. The van der Waals surface area contributed by atoms with Crippen molar-refractivity contribution in [2.24, 2.45) is 0 Å². The van der Waals surface area contributed by atoms with Gasteiger partial charge in [-0.2, -0.15) is 5.10 Å². The van der Waals surface area contributed by atoms with E-state index < -0.39 is 0 Å². The van der Waals surface area contributed by atoms with E-state index in [1.165, 1.54) is 6.07 Å². The van der Waals surface area contributed by atoms with Gasteiger partial charge in [-0.25, -0.2) is 9.48 Å². The Hall–Kier alpha value is -5.08. The van der Waals surface area contributed by atoms with Crippen LogP contribution in [0, 0.1) is 0 Å². The second kappa shape index (κ2) is 16.5. The Bertz CT molecular complexity index is 2250. The van der Waals surface area contributed by atoms with Gasteiger partial charge >= 0.3 is 6.03 Å². The zero-order valence-corrected chi connectivity index (χ0v) is 32.0. The Labute approximate surface area is 323 Å². The zero-order valence-electron chi connectivity index (χ0n) is 30.5. The third-order valence-corrected chi connectivity index (χ3v) is 11.0. The van der Waals surface area contributed by atoms with Crippen molar-refractivity contribution < 1.29 is 19.4 Å². The number of morpholine rings is 1. The van der Waals surface area contributed by atoms with Crippen LogP contribution in [0.15, 0.2) is 101 Å². The van der Waals surface area contributed by atoms with Crippen molar-refractivity contribution in [3.8, 4) is 28.6 Å². The Morgan fingerprint density at radius 3 is 2.67 bits per heavy atom. The number of aromatic hydroxyl groups is 1. The fourth-order valence-electron chi connectivity index (χ4n) is 5.99. The number of pyridine rings is 1. The monoisotopic (exact) mass is 766 g/mol. The van der Waals surface area contributed by atoms with Gasteiger partial charge in [-0.05, 0) is 60.5 Å². The van der Waals surface area contributed by atoms with Crippen molar-refractivity contribution in [2.75, 3.05) is 44.8 Å². The number of carbonyl (C=O) groups excluding carboxylic acids is 1. The summed E-state index contributed by atoms with van der Waals surface area (Å²) in [6.45, 7) is 11.4. The van der Waals surface area contributed by atoms with Gasteiger partial charge in [0.25, 0.3) is 0 Å². The molecule has 0 spiro atoms. The van der Waals surface area contributed by atoms with Crippen LogP contribution in [0.4, 0.5) is 10.6 Å². The standard InChI is InChI=1S/C40H43ClN8O4S/c1-4-40(2,3)35-24-37(49(46-35)29-12-14-33(50)32(41)23-29)43-39(51)42-25-28-8-5-6-11-34(28)54-31-13-15-36-44-45-38(48(36)26-31)27-9-7-10-30(22-27)53-21-18-47-16-19-52-20-17-47/h5-15,22-24,26,50H,4,16-21,25H2,1-3H3,(H2,42,43,51). The van der Waals surface area contributed by atoms with E-state index in [2.05, 4.69) is 46.5 Å². The van der Waals surface area contributed by atoms with Crippen LogP contribution >= 0.6 is 23.4 Å². The Kier molecular flexibility index (Phi) is 11.4. The number of ether oxygens (including phenoxy) is 2. The molecule has 4 heterocycles. The molecule has 280 valence electrons. The highest BCUT2D eigenvalue weighted by atomic mass is 35.5. The lowest BCUT2D eigenvalue weighted by atomic mass is 9.87. The largest absolute Gasteiger partial charge is 0.506 e. The molecule has 1 fully saturated rings. The second-order valence-corrected chi connectivity index (χ2v) is 15.2. The molecule has 14 heteroatoms. The molecule has 0 atom stereocenters. The van der Waals surface area contributed by atoms with E-state index in [0.29, 0.717) is 24.7 Å². The topological polar surface area (TPSA) is 131 Å². The number of nitrogens with zero attached hydrogens (tertiary/aromatic N) is 6. The van der Waals surface area contributed by atoms with E-state index in [1.54, 1.807) is 28.6 Å². The Morgan fingerprint density at radius 2 is 1.85 bits per heavy atom. The van der Waals surface area contributed by atoms with E-state index in [1.807, 2.05) is 77.3 Å². The molecule has 0 aliphatic carbocycles. The number of rotatable bonds is 13. The maximum absolute atomic E-state index is 13.4. The number of carbonyl (C=O) groups is 1. The number of benzene rings is 3. The first-order valence-corrected chi connectivity index (χ1v) is 19.1. The number of urea groups is 1. The summed E-state index contributed by atoms with van der Waals surface area (Å²) in [5.74, 6) is 1.96. The molecule has 12 nitrogen and oxygen atoms in total. The fourth-order valence-corrected chi connectivity index (χ4v) is 7.13. The van der Waals surface area contributed by atoms with Gasteiger partial charge in [-0.1, -0.05) is 74.5 Å². The number of hydrogen-bond acceptors (Lipinski definition) is 9. The van der Waals surface area contributed by atoms with Crippen LogP contribution in [0.25, 0.3) is 22.7 Å². The number of halogens is 1. The molecule has 54 heavy (non-hydrogen) atoms. The average molecular weight is 767 g/mol. The highest BCUT2D eigenvalue weighted by molar-refractivity contribution is 7.99. The first kappa shape index (κ1) is 37.2. The van der Waals surface area contributed by atoms with E-state index >= 15 is 0 Å². The maximum atomic E-state index is 13.4. The minimum Gasteiger partial charge on any atom is -0.506 e. The first-order chi connectivity index (χ1) is 26.2. The molecule has 0 unspecified atom stereocenters. The third-order valence-electron chi connectivity index (χ3n) is 9.59. The van der Waals surface area contributed by atoms with Crippen molar-refractivity contribution in [3.63, 3.8) is 0 Å². The van der Waals surface area contributed by atoms with Gasteiger partial charge in [0.15, 0.2) is 11.5 Å². The lowest BCUT2D eigenvalue weighted by Gasteiger charge is -2.26. The van der Waals surface area contributed by atoms with Gasteiger partial charge in [-0.3, -0.25) is 14.6 Å². The molecule has 0 radical (unpaired) electrons. The van der Waals surface area contributed by atoms with Gasteiger partial charge < -0.3 is 19.9 Å². The van der Waals surface area contributed by atoms with Crippen molar-refractivity contribution in [3.05, 3.63) is 107 Å². The summed E-state index contributed by atoms with van der Waals surface area (Å²) in [5, 5.41) is 29.9. The number of amides is 2. The van der Waals surface area contributed by atoms with Gasteiger partial charge in [0, 0.05) is 59.2 Å². The third kappa shape index (κ3) is 8.65. The van der Waals surface area contributed by atoms with Gasteiger partial charge in [-0.15, -0.1) is 10.2 Å². The van der Waals surface area contributed by atoms with E-state index in [0.717, 1.165) is 83.1 Å². The molecule has 0 bridgehead atoms. The number of aromatic nitrogens is 5. The van der Waals surface area contributed by atoms with Gasteiger partial charge in [0.2, 0.25) is 0 Å². The van der Waals surface area contributed by atoms with Crippen LogP contribution in [0.2, 0.25) is 5.02 Å². The molecule has 1 aliphatic heterocycles. The normalized spacial score (nSPS) is 13.6. The molecule has 0 saturated carbocycles. The van der Waals surface area contributed by atoms with Gasteiger partial charge in [0.1, 0.15) is 23.9 Å². The van der Waals surface area contributed by atoms with Crippen molar-refractivity contribution in [2.45, 2.75) is 48.9 Å². The fraction of sp³-hybridized carbons (Fsp3) is 0.300. The average Bonchev–Trinajstić information content (AvgIpc) is 3.81. The van der Waals surface area contributed by atoms with Crippen LogP contribution in [-0.2, 0) is 16.7 Å². The number of nitrogens with one attached hydrogen (secondary N) is 2. The number of phenols is 1. The minimum absolute atomic E-state index is 0.0291. The smallest absolute Gasteiger partial charge is 0.320 e. The van der Waals surface area contributed by atoms with Crippen LogP contribution in [0.1, 0.15) is 38.4 Å². The van der Waals surface area contributed by atoms with Crippen molar-refractivity contribution in [1.29, 1.82) is 0 Å². The Balaban J connectivity index is 1.04. The summed E-state index contributed by atoms with van der Waals surface area (Å²) in [6.07, 6.45) is 2.88. The van der Waals surface area contributed by atoms with Crippen molar-refractivity contribution >= 4 is 40.9 Å². The van der Waals surface area contributed by atoms with Crippen LogP contribution in [0.5, 0.6) is 11.5 Å². The molecule has 1 aliphatic rings. The summed E-state index contributed by atoms with van der Waals surface area (Å²) < 4.78 is 15.2. The summed E-state index contributed by atoms with van der Waals surface area (Å²) in [6, 6.07) is 26.2. The SMILES string of the molecule is CCC(C)(C)c1cc(NC(=O)NCc2ccccc2Sc2ccc3nnc(-c4cccc(OCCN5CCOCC5)c4)n3c2)n(-c2ccc(O)c(Cl)c2)n1. The number of phenolic OH excluding ortho intramolecular Hbond substituents is 1. The quantitative estimate of drug-likeness (QED) is 0.108. The summed E-state index contributed by atoms with van der Waals surface area (Å²) in [4.78, 5) is 17.7. The lowest BCUT2D eigenvalue weighted by Crippen LogP contribution is -2.38. The Morgan fingerprint density at radius 1 is 1.02 bits per heavy atom. The molecule has 1 saturated heterocycles. The molecular formula is C40H43ClN8O4S. The lowest BCUT2D eigenvalue weighted by molar-refractivity contribution is 0.0322. The predicted octanol–water partition coefficient (Wildman–Crippen LogP) is 7.81. The van der Waals surface area contributed by atoms with E-state index in [9.17, 15) is 9.90 Å². The summed E-state index contributed by atoms with van der Waals surface area (Å²) in [7, 11) is 0. The first-order valence-electron chi connectivity index (χ1n) is 17.9. The number of anilines is 1. The number of hydrogen-bond donors (Lipinski definition) is 3. The van der Waals surface area contributed by atoms with Crippen molar-refractivity contribution in [1.82, 2.24) is 34.6 Å². The van der Waals surface area contributed by atoms with Crippen LogP contribution < -0.4 is 15.4 Å². The predicted molar refractivity (Wildman–Crippen MR) is 211 cm³/mol. The van der Waals surface area contributed by atoms with Crippen LogP contribution in [-0.4, -0.2) is 79.9 Å². The molecule has 7 rings (SSSR count). The molecule has 2 amide bonds. The highest BCUT2D eigenvalue weighted by Crippen LogP contribution is 2.34. The highest BCUT2D eigenvalue weighted by Gasteiger charge is 2.25. The summed E-state index contributed by atoms with van der Waals surface area (Å²) in [5.41, 5.74) is 3.80. The number of fused-ring (bicyclic) bond motifs is 1. The molecule has 6 aromatic rings. The maximum Gasteiger partial charge on any atom is 0.320 e. The molecule has 3 aromatic heterocycles. The molecule has 3 N–H and O–H groups in total. The van der Waals surface area contributed by atoms with Crippen LogP contribution in [0.3, 0.4) is 0 Å².